The molecule has 0 aromatic heterocycles. The van der Waals surface area contributed by atoms with Crippen LogP contribution >= 0.6 is 0 Å². The summed E-state index contributed by atoms with van der Waals surface area (Å²) in [5.74, 6) is -0.590. The maximum atomic E-state index is 12.3. The molecule has 0 aliphatic carbocycles. The van der Waals surface area contributed by atoms with Gasteiger partial charge in [0.1, 0.15) is 0 Å². The van der Waals surface area contributed by atoms with E-state index in [0.717, 1.165) is 5.56 Å². The molecule has 0 radical (unpaired) electrons. The van der Waals surface area contributed by atoms with Crippen LogP contribution in [0.25, 0.3) is 0 Å². The van der Waals surface area contributed by atoms with Gasteiger partial charge < -0.3 is 15.3 Å². The molecule has 1 aromatic carbocycles. The maximum Gasteiger partial charge on any atom is 0.317 e. The van der Waals surface area contributed by atoms with E-state index in [1.54, 1.807) is 4.90 Å². The Morgan fingerprint density at radius 2 is 1.61 bits per heavy atom. The van der Waals surface area contributed by atoms with Crippen molar-refractivity contribution in [2.75, 3.05) is 13.1 Å². The number of urea groups is 1. The number of carboxylic acid groups (broad SMARTS) is 1. The lowest BCUT2D eigenvalue weighted by atomic mass is 9.97. The molecular formula is C18H26N2O3. The highest BCUT2D eigenvalue weighted by atomic mass is 16.4. The summed E-state index contributed by atoms with van der Waals surface area (Å²) in [6.45, 7) is 7.28. The van der Waals surface area contributed by atoms with Crippen LogP contribution in [-0.4, -0.2) is 35.1 Å². The Kier molecular flexibility index (Phi) is 5.64. The van der Waals surface area contributed by atoms with Crippen molar-refractivity contribution in [1.82, 2.24) is 10.2 Å². The molecule has 0 saturated carbocycles. The summed E-state index contributed by atoms with van der Waals surface area (Å²) in [5.41, 5.74) is 2.35. The molecule has 2 rings (SSSR count). The van der Waals surface area contributed by atoms with Crippen LogP contribution in [-0.2, 0) is 4.79 Å². The quantitative estimate of drug-likeness (QED) is 0.894. The number of piperidine rings is 1. The van der Waals surface area contributed by atoms with Gasteiger partial charge in [-0.2, -0.15) is 0 Å². The van der Waals surface area contributed by atoms with Crippen molar-refractivity contribution >= 4 is 12.0 Å². The molecule has 1 heterocycles. The van der Waals surface area contributed by atoms with Crippen LogP contribution in [0.3, 0.4) is 0 Å². The van der Waals surface area contributed by atoms with E-state index in [0.29, 0.717) is 31.8 Å². The Morgan fingerprint density at radius 3 is 2.09 bits per heavy atom. The molecule has 5 heteroatoms. The molecule has 0 bridgehead atoms. The fraction of sp³-hybridized carbons (Fsp3) is 0.556. The average molecular weight is 318 g/mol. The Hall–Kier alpha value is -2.04. The molecule has 0 spiro atoms. The van der Waals surface area contributed by atoms with Crippen LogP contribution in [0.2, 0.25) is 0 Å². The molecule has 1 saturated heterocycles. The molecule has 1 unspecified atom stereocenters. The van der Waals surface area contributed by atoms with Crippen LogP contribution in [0.5, 0.6) is 0 Å². The monoisotopic (exact) mass is 318 g/mol. The van der Waals surface area contributed by atoms with E-state index in [2.05, 4.69) is 43.4 Å². The number of nitrogens with zero attached hydrogens (tertiary/aromatic N) is 1. The molecule has 126 valence electrons. The Morgan fingerprint density at radius 1 is 1.09 bits per heavy atom. The summed E-state index contributed by atoms with van der Waals surface area (Å²) in [7, 11) is 0. The van der Waals surface area contributed by atoms with Crippen LogP contribution in [0.1, 0.15) is 56.7 Å². The summed E-state index contributed by atoms with van der Waals surface area (Å²) >= 11 is 0. The van der Waals surface area contributed by atoms with Crippen molar-refractivity contribution in [3.8, 4) is 0 Å². The smallest absolute Gasteiger partial charge is 0.317 e. The molecule has 2 amide bonds. The highest BCUT2D eigenvalue weighted by Gasteiger charge is 2.27. The first-order valence-electron chi connectivity index (χ1n) is 8.26. The van der Waals surface area contributed by atoms with Crippen molar-refractivity contribution < 1.29 is 14.7 Å². The molecule has 1 atom stereocenters. The van der Waals surface area contributed by atoms with Crippen LogP contribution in [0.4, 0.5) is 4.79 Å². The van der Waals surface area contributed by atoms with Gasteiger partial charge >= 0.3 is 12.0 Å². The van der Waals surface area contributed by atoms with Gasteiger partial charge in [-0.1, -0.05) is 38.1 Å². The van der Waals surface area contributed by atoms with E-state index < -0.39 is 5.97 Å². The third-order valence-corrected chi connectivity index (χ3v) is 4.57. The van der Waals surface area contributed by atoms with Crippen molar-refractivity contribution in [2.45, 2.75) is 45.6 Å². The number of carboxylic acids is 1. The van der Waals surface area contributed by atoms with Crippen LogP contribution in [0.15, 0.2) is 24.3 Å². The van der Waals surface area contributed by atoms with Crippen molar-refractivity contribution in [1.29, 1.82) is 0 Å². The zero-order chi connectivity index (χ0) is 17.0. The number of amides is 2. The van der Waals surface area contributed by atoms with Gasteiger partial charge in [-0.25, -0.2) is 4.79 Å². The summed E-state index contributed by atoms with van der Waals surface area (Å²) < 4.78 is 0. The second kappa shape index (κ2) is 7.49. The third kappa shape index (κ3) is 4.47. The van der Waals surface area contributed by atoms with Gasteiger partial charge in [0.05, 0.1) is 12.0 Å². The van der Waals surface area contributed by atoms with Gasteiger partial charge in [0, 0.05) is 13.1 Å². The maximum absolute atomic E-state index is 12.3. The van der Waals surface area contributed by atoms with Gasteiger partial charge in [-0.05, 0) is 36.8 Å². The largest absolute Gasteiger partial charge is 0.481 e. The van der Waals surface area contributed by atoms with Gasteiger partial charge in [0.15, 0.2) is 0 Å². The van der Waals surface area contributed by atoms with Gasteiger partial charge in [-0.15, -0.1) is 0 Å². The van der Waals surface area contributed by atoms with Gasteiger partial charge in [0.2, 0.25) is 0 Å². The molecule has 5 nitrogen and oxygen atoms in total. The topological polar surface area (TPSA) is 69.6 Å². The number of hydrogen-bond donors (Lipinski definition) is 2. The molecule has 1 aliphatic heterocycles. The SMILES string of the molecule is CC(C)c1ccc(C(C)NC(=O)N2CCC(C(=O)O)CC2)cc1. The fourth-order valence-corrected chi connectivity index (χ4v) is 2.86. The van der Waals surface area contributed by atoms with Crippen LogP contribution in [0, 0.1) is 5.92 Å². The molecule has 23 heavy (non-hydrogen) atoms. The molecular weight excluding hydrogens is 292 g/mol. The predicted octanol–water partition coefficient (Wildman–Crippen LogP) is 3.38. The highest BCUT2D eigenvalue weighted by molar-refractivity contribution is 5.75. The summed E-state index contributed by atoms with van der Waals surface area (Å²) in [6.07, 6.45) is 1.06. The number of benzene rings is 1. The molecule has 1 fully saturated rings. The lowest BCUT2D eigenvalue weighted by molar-refractivity contribution is -0.143. The summed E-state index contributed by atoms with van der Waals surface area (Å²) in [6, 6.07) is 8.12. The van der Waals surface area contributed by atoms with E-state index in [4.69, 9.17) is 5.11 Å². The minimum atomic E-state index is -0.760. The third-order valence-electron chi connectivity index (χ3n) is 4.57. The number of rotatable bonds is 4. The number of carbonyl (C=O) groups is 2. The van der Waals surface area contributed by atoms with Crippen molar-refractivity contribution in [3.05, 3.63) is 35.4 Å². The van der Waals surface area contributed by atoms with E-state index in [-0.39, 0.29) is 18.0 Å². The van der Waals surface area contributed by atoms with E-state index in [1.165, 1.54) is 5.56 Å². The lowest BCUT2D eigenvalue weighted by Gasteiger charge is -2.31. The van der Waals surface area contributed by atoms with Crippen LogP contribution < -0.4 is 5.32 Å². The zero-order valence-electron chi connectivity index (χ0n) is 14.1. The Bertz CT molecular complexity index is 546. The van der Waals surface area contributed by atoms with Crippen molar-refractivity contribution in [3.63, 3.8) is 0 Å². The zero-order valence-corrected chi connectivity index (χ0v) is 14.1. The summed E-state index contributed by atoms with van der Waals surface area (Å²) in [5, 5.41) is 12.0. The van der Waals surface area contributed by atoms with Gasteiger partial charge in [-0.3, -0.25) is 4.79 Å². The first kappa shape index (κ1) is 17.3. The fourth-order valence-electron chi connectivity index (χ4n) is 2.86. The number of aliphatic carboxylic acids is 1. The summed E-state index contributed by atoms with van der Waals surface area (Å²) in [4.78, 5) is 25.0. The minimum Gasteiger partial charge on any atom is -0.481 e. The van der Waals surface area contributed by atoms with Crippen molar-refractivity contribution in [2.24, 2.45) is 5.92 Å². The highest BCUT2D eigenvalue weighted by Crippen LogP contribution is 2.20. The van der Waals surface area contributed by atoms with E-state index in [9.17, 15) is 9.59 Å². The Balaban J connectivity index is 1.88. The number of hydrogen-bond acceptors (Lipinski definition) is 2. The van der Waals surface area contributed by atoms with Gasteiger partial charge in [0.25, 0.3) is 0 Å². The number of carbonyl (C=O) groups excluding carboxylic acids is 1. The minimum absolute atomic E-state index is 0.0686. The number of nitrogens with one attached hydrogen (secondary N) is 1. The average Bonchev–Trinajstić information content (AvgIpc) is 2.54. The second-order valence-corrected chi connectivity index (χ2v) is 6.59. The Labute approximate surface area is 137 Å². The van der Waals surface area contributed by atoms with E-state index >= 15 is 0 Å². The predicted molar refractivity (Wildman–Crippen MR) is 89.4 cm³/mol. The standard InChI is InChI=1S/C18H26N2O3/c1-12(2)14-4-6-15(7-5-14)13(3)19-18(23)20-10-8-16(9-11-20)17(21)22/h4-7,12-13,16H,8-11H2,1-3H3,(H,19,23)(H,21,22). The first-order chi connectivity index (χ1) is 10.9. The second-order valence-electron chi connectivity index (χ2n) is 6.59. The molecule has 2 N–H and O–H groups in total. The normalized spacial score (nSPS) is 17.1. The first-order valence-corrected chi connectivity index (χ1v) is 8.26. The molecule has 1 aromatic rings. The lowest BCUT2D eigenvalue weighted by Crippen LogP contribution is -2.46. The number of likely N-dealkylation sites (tertiary alicyclic amines) is 1. The van der Waals surface area contributed by atoms with E-state index in [1.807, 2.05) is 6.92 Å². The molecule has 1 aliphatic rings.